The quantitative estimate of drug-likeness (QED) is 0.258. The number of piperazine rings is 1. The van der Waals surface area contributed by atoms with E-state index in [1.54, 1.807) is 13.2 Å². The van der Waals surface area contributed by atoms with Crippen molar-refractivity contribution in [2.24, 2.45) is 0 Å². The molecule has 4 aromatic rings. The molecular weight excluding hydrogens is 502 g/mol. The van der Waals surface area contributed by atoms with E-state index < -0.39 is 0 Å². The van der Waals surface area contributed by atoms with Crippen LogP contribution < -0.4 is 30.5 Å². The van der Waals surface area contributed by atoms with E-state index in [0.29, 0.717) is 17.8 Å². The van der Waals surface area contributed by atoms with Crippen LogP contribution in [0.3, 0.4) is 0 Å². The summed E-state index contributed by atoms with van der Waals surface area (Å²) in [6, 6.07) is 26.9. The SMILES string of the molecule is CCCNC(=O)c1cc(NC(=O)Nc2cccc3ccccc23)ccc1N1CCN(c2ccccc2OC)CC1. The number of nitrogens with one attached hydrogen (secondary N) is 3. The zero-order valence-corrected chi connectivity index (χ0v) is 22.9. The van der Waals surface area contributed by atoms with Crippen LogP contribution in [0.1, 0.15) is 23.7 Å². The first kappa shape index (κ1) is 26.9. The maximum atomic E-state index is 13.2. The van der Waals surface area contributed by atoms with Gasteiger partial charge in [-0.15, -0.1) is 0 Å². The summed E-state index contributed by atoms with van der Waals surface area (Å²) < 4.78 is 5.55. The molecule has 8 heteroatoms. The van der Waals surface area contributed by atoms with Gasteiger partial charge < -0.3 is 30.5 Å². The number of benzene rings is 4. The van der Waals surface area contributed by atoms with Gasteiger partial charge >= 0.3 is 6.03 Å². The normalized spacial score (nSPS) is 13.2. The molecule has 0 spiro atoms. The van der Waals surface area contributed by atoms with Crippen LogP contribution >= 0.6 is 0 Å². The molecule has 40 heavy (non-hydrogen) atoms. The van der Waals surface area contributed by atoms with Crippen molar-refractivity contribution in [3.8, 4) is 5.75 Å². The van der Waals surface area contributed by atoms with Gasteiger partial charge in [-0.25, -0.2) is 4.79 Å². The number of hydrogen-bond acceptors (Lipinski definition) is 5. The molecule has 0 atom stereocenters. The number of fused-ring (bicyclic) bond motifs is 1. The Morgan fingerprint density at radius 3 is 2.27 bits per heavy atom. The summed E-state index contributed by atoms with van der Waals surface area (Å²) in [5.41, 5.74) is 3.75. The molecule has 206 valence electrons. The number of carbonyl (C=O) groups is 2. The van der Waals surface area contributed by atoms with E-state index in [1.165, 1.54) is 0 Å². The van der Waals surface area contributed by atoms with E-state index in [-0.39, 0.29) is 11.9 Å². The van der Waals surface area contributed by atoms with Crippen LogP contribution in [-0.4, -0.2) is 51.8 Å². The van der Waals surface area contributed by atoms with Crippen molar-refractivity contribution in [2.45, 2.75) is 13.3 Å². The molecule has 1 aliphatic heterocycles. The lowest BCUT2D eigenvalue weighted by Gasteiger charge is -2.38. The summed E-state index contributed by atoms with van der Waals surface area (Å²) in [6.07, 6.45) is 0.837. The third kappa shape index (κ3) is 5.96. The minimum absolute atomic E-state index is 0.151. The third-order valence-electron chi connectivity index (χ3n) is 7.12. The van der Waals surface area contributed by atoms with E-state index in [4.69, 9.17) is 4.74 Å². The Balaban J connectivity index is 1.33. The maximum Gasteiger partial charge on any atom is 0.323 e. The molecular formula is C32H35N5O3. The van der Waals surface area contributed by atoms with Crippen LogP contribution in [0.25, 0.3) is 10.8 Å². The summed E-state index contributed by atoms with van der Waals surface area (Å²) in [5.74, 6) is 0.704. The molecule has 1 saturated heterocycles. The lowest BCUT2D eigenvalue weighted by atomic mass is 10.1. The maximum absolute atomic E-state index is 13.2. The Kier molecular flexibility index (Phi) is 8.35. The average Bonchev–Trinajstić information content (AvgIpc) is 3.00. The fraction of sp³-hybridized carbons (Fsp3) is 0.250. The van der Waals surface area contributed by atoms with E-state index in [1.807, 2.05) is 79.7 Å². The smallest absolute Gasteiger partial charge is 0.323 e. The highest BCUT2D eigenvalue weighted by molar-refractivity contribution is 6.07. The highest BCUT2D eigenvalue weighted by Crippen LogP contribution is 2.31. The minimum atomic E-state index is -0.366. The van der Waals surface area contributed by atoms with Gasteiger partial charge in [0, 0.05) is 49.5 Å². The van der Waals surface area contributed by atoms with E-state index in [2.05, 4.69) is 31.8 Å². The number of para-hydroxylation sites is 2. The number of rotatable bonds is 8. The van der Waals surface area contributed by atoms with Crippen molar-refractivity contribution in [1.29, 1.82) is 0 Å². The Morgan fingerprint density at radius 2 is 1.50 bits per heavy atom. The number of nitrogens with zero attached hydrogens (tertiary/aromatic N) is 2. The molecule has 0 saturated carbocycles. The molecule has 0 radical (unpaired) electrons. The van der Waals surface area contributed by atoms with Crippen molar-refractivity contribution in [3.63, 3.8) is 0 Å². The number of hydrogen-bond donors (Lipinski definition) is 3. The first-order chi connectivity index (χ1) is 19.6. The van der Waals surface area contributed by atoms with Gasteiger partial charge in [0.2, 0.25) is 0 Å². The van der Waals surface area contributed by atoms with Crippen LogP contribution in [0.15, 0.2) is 84.9 Å². The second-order valence-electron chi connectivity index (χ2n) is 9.74. The standard InChI is InChI=1S/C32H35N5O3/c1-3-17-33-31(38)26-22-24(34-32(39)35-27-12-8-10-23-9-4-5-11-25(23)27)15-16-28(26)36-18-20-37(21-19-36)29-13-6-7-14-30(29)40-2/h4-16,22H,3,17-21H2,1-2H3,(H,33,38)(H2,34,35,39). The van der Waals surface area contributed by atoms with Crippen LogP contribution in [0.5, 0.6) is 5.75 Å². The number of ether oxygens (including phenoxy) is 1. The van der Waals surface area contributed by atoms with E-state index >= 15 is 0 Å². The molecule has 3 N–H and O–H groups in total. The van der Waals surface area contributed by atoms with Crippen LogP contribution in [0.4, 0.5) is 27.5 Å². The number of urea groups is 1. The molecule has 0 unspecified atom stereocenters. The minimum Gasteiger partial charge on any atom is -0.495 e. The second kappa shape index (κ2) is 12.4. The van der Waals surface area contributed by atoms with Crippen molar-refractivity contribution < 1.29 is 14.3 Å². The van der Waals surface area contributed by atoms with Crippen LogP contribution in [0, 0.1) is 0 Å². The molecule has 1 aliphatic rings. The fourth-order valence-corrected chi connectivity index (χ4v) is 5.10. The summed E-state index contributed by atoms with van der Waals surface area (Å²) >= 11 is 0. The molecule has 5 rings (SSSR count). The number of amides is 3. The predicted molar refractivity (Wildman–Crippen MR) is 163 cm³/mol. The average molecular weight is 538 g/mol. The highest BCUT2D eigenvalue weighted by atomic mass is 16.5. The Labute approximate surface area is 234 Å². The van der Waals surface area contributed by atoms with E-state index in [9.17, 15) is 9.59 Å². The summed E-state index contributed by atoms with van der Waals surface area (Å²) in [5, 5.41) is 10.9. The molecule has 3 amide bonds. The Morgan fingerprint density at radius 1 is 0.800 bits per heavy atom. The van der Waals surface area contributed by atoms with Crippen molar-refractivity contribution in [3.05, 3.63) is 90.5 Å². The van der Waals surface area contributed by atoms with Gasteiger partial charge in [0.25, 0.3) is 5.91 Å². The molecule has 1 heterocycles. The lowest BCUT2D eigenvalue weighted by molar-refractivity contribution is 0.0954. The lowest BCUT2D eigenvalue weighted by Crippen LogP contribution is -2.47. The number of methoxy groups -OCH3 is 1. The Hall–Kier alpha value is -4.72. The van der Waals surface area contributed by atoms with Gasteiger partial charge in [-0.3, -0.25) is 4.79 Å². The topological polar surface area (TPSA) is 85.9 Å². The zero-order chi connectivity index (χ0) is 27.9. The zero-order valence-electron chi connectivity index (χ0n) is 22.9. The highest BCUT2D eigenvalue weighted by Gasteiger charge is 2.24. The van der Waals surface area contributed by atoms with Gasteiger partial charge in [-0.1, -0.05) is 55.5 Å². The predicted octanol–water partition coefficient (Wildman–Crippen LogP) is 5.96. The molecule has 0 aliphatic carbocycles. The molecule has 1 fully saturated rings. The second-order valence-corrected chi connectivity index (χ2v) is 9.74. The van der Waals surface area contributed by atoms with Crippen molar-refractivity contribution in [1.82, 2.24) is 5.32 Å². The Bertz CT molecular complexity index is 1490. The van der Waals surface area contributed by atoms with Gasteiger partial charge in [0.1, 0.15) is 5.75 Å². The fourth-order valence-electron chi connectivity index (χ4n) is 5.10. The summed E-state index contributed by atoms with van der Waals surface area (Å²) in [4.78, 5) is 30.7. The molecule has 8 nitrogen and oxygen atoms in total. The first-order valence-electron chi connectivity index (χ1n) is 13.7. The number of anilines is 4. The van der Waals surface area contributed by atoms with Gasteiger partial charge in [0.15, 0.2) is 0 Å². The summed E-state index contributed by atoms with van der Waals surface area (Å²) in [7, 11) is 1.69. The van der Waals surface area contributed by atoms with Gasteiger partial charge in [0.05, 0.1) is 24.0 Å². The molecule has 4 aromatic carbocycles. The monoisotopic (exact) mass is 537 g/mol. The van der Waals surface area contributed by atoms with Crippen molar-refractivity contribution >= 4 is 45.5 Å². The van der Waals surface area contributed by atoms with Crippen molar-refractivity contribution in [2.75, 3.05) is 60.3 Å². The van der Waals surface area contributed by atoms with Gasteiger partial charge in [-0.05, 0) is 48.2 Å². The van der Waals surface area contributed by atoms with Crippen LogP contribution in [0.2, 0.25) is 0 Å². The molecule has 0 aromatic heterocycles. The van der Waals surface area contributed by atoms with E-state index in [0.717, 1.165) is 66.2 Å². The van der Waals surface area contributed by atoms with Gasteiger partial charge in [-0.2, -0.15) is 0 Å². The molecule has 0 bridgehead atoms. The largest absolute Gasteiger partial charge is 0.495 e. The van der Waals surface area contributed by atoms with Crippen LogP contribution in [-0.2, 0) is 0 Å². The first-order valence-corrected chi connectivity index (χ1v) is 13.7. The summed E-state index contributed by atoms with van der Waals surface area (Å²) in [6.45, 7) is 5.70. The number of carbonyl (C=O) groups excluding carboxylic acids is 2. The third-order valence-corrected chi connectivity index (χ3v) is 7.12.